The third kappa shape index (κ3) is 5.61. The summed E-state index contributed by atoms with van der Waals surface area (Å²) in [6.07, 6.45) is 0. The predicted octanol–water partition coefficient (Wildman–Crippen LogP) is 6.95. The van der Waals surface area contributed by atoms with Gasteiger partial charge >= 0.3 is 5.97 Å². The molecule has 1 heterocycles. The lowest BCUT2D eigenvalue weighted by Crippen LogP contribution is -2.15. The second-order valence-corrected chi connectivity index (χ2v) is 8.97. The van der Waals surface area contributed by atoms with E-state index >= 15 is 0 Å². The van der Waals surface area contributed by atoms with E-state index in [1.54, 1.807) is 60.7 Å². The highest BCUT2D eigenvalue weighted by atomic mass is 35.5. The number of halogens is 2. The number of carbonyl (C=O) groups excluding carboxylic acids is 2. The number of Topliss-reactive ketones (excluding diaryl/α,β-unsaturated/α-hetero) is 1. The van der Waals surface area contributed by atoms with Gasteiger partial charge in [-0.2, -0.15) is 0 Å². The average Bonchev–Trinajstić information content (AvgIpc) is 3.38. The Balaban J connectivity index is 1.34. The average molecular weight is 528 g/mol. The van der Waals surface area contributed by atoms with Crippen molar-refractivity contribution in [3.05, 3.63) is 125 Å². The number of benzene rings is 4. The first kappa shape index (κ1) is 24.4. The van der Waals surface area contributed by atoms with Crippen LogP contribution in [-0.4, -0.2) is 33.1 Å². The molecule has 0 aliphatic rings. The summed E-state index contributed by atoms with van der Waals surface area (Å²) in [5.74, 6) is -0.942. The van der Waals surface area contributed by atoms with Crippen molar-refractivity contribution in [2.24, 2.45) is 0 Å². The third-order valence-corrected chi connectivity index (χ3v) is 6.08. The Kier molecular flexibility index (Phi) is 7.12. The number of hydrogen-bond donors (Lipinski definition) is 0. The minimum absolute atomic E-state index is 0.183. The fourth-order valence-corrected chi connectivity index (χ4v) is 4.05. The van der Waals surface area contributed by atoms with Gasteiger partial charge in [0.1, 0.15) is 0 Å². The Morgan fingerprint density at radius 1 is 0.730 bits per heavy atom. The van der Waals surface area contributed by atoms with E-state index < -0.39 is 12.6 Å². The number of nitrogens with zero attached hydrogens (tertiary/aromatic N) is 3. The molecule has 0 amide bonds. The Labute approximate surface area is 223 Å². The lowest BCUT2D eigenvalue weighted by Gasteiger charge is -2.06. The first-order valence-electron chi connectivity index (χ1n) is 11.3. The van der Waals surface area contributed by atoms with Crippen molar-refractivity contribution in [2.75, 3.05) is 6.61 Å². The summed E-state index contributed by atoms with van der Waals surface area (Å²) < 4.78 is 6.77. The van der Waals surface area contributed by atoms with E-state index in [9.17, 15) is 9.59 Å². The van der Waals surface area contributed by atoms with Gasteiger partial charge in [-0.15, -0.1) is 5.10 Å². The van der Waals surface area contributed by atoms with Crippen LogP contribution < -0.4 is 0 Å². The highest BCUT2D eigenvalue weighted by molar-refractivity contribution is 6.31. The maximum Gasteiger partial charge on any atom is 0.378 e. The Morgan fingerprint density at radius 2 is 1.41 bits per heavy atom. The molecule has 0 saturated heterocycles. The molecule has 37 heavy (non-hydrogen) atoms. The van der Waals surface area contributed by atoms with Crippen LogP contribution in [0.3, 0.4) is 0 Å². The molecule has 5 rings (SSSR count). The van der Waals surface area contributed by atoms with E-state index in [1.165, 1.54) is 4.68 Å². The molecule has 0 aliphatic carbocycles. The number of carbonyl (C=O) groups is 2. The summed E-state index contributed by atoms with van der Waals surface area (Å²) in [6, 6.07) is 30.9. The number of hydrogen-bond acceptors (Lipinski definition) is 5. The molecule has 4 aromatic carbocycles. The number of ketones is 1. The van der Waals surface area contributed by atoms with Crippen molar-refractivity contribution in [3.63, 3.8) is 0 Å². The molecular weight excluding hydrogens is 509 g/mol. The van der Waals surface area contributed by atoms with Crippen LogP contribution in [0, 0.1) is 0 Å². The van der Waals surface area contributed by atoms with Gasteiger partial charge in [0.2, 0.25) is 0 Å². The van der Waals surface area contributed by atoms with Gasteiger partial charge in [0.05, 0.1) is 5.69 Å². The van der Waals surface area contributed by atoms with Gasteiger partial charge in [0.15, 0.2) is 18.2 Å². The molecule has 0 atom stereocenters. The van der Waals surface area contributed by atoms with Gasteiger partial charge in [-0.25, -0.2) is 14.5 Å². The number of rotatable bonds is 7. The second kappa shape index (κ2) is 10.8. The van der Waals surface area contributed by atoms with Gasteiger partial charge in [-0.1, -0.05) is 89.9 Å². The standard InChI is InChI=1S/C29H19Cl2N3O3/c30-23-13-15-25(16-14-23)34-28(22-7-4-8-24(31)17-22)32-27(33-34)29(36)37-18-26(35)21-11-9-20(10-12-21)19-5-2-1-3-6-19/h1-17H,18H2. The Hall–Kier alpha value is -4.26. The van der Waals surface area contributed by atoms with Gasteiger partial charge < -0.3 is 4.74 Å². The van der Waals surface area contributed by atoms with E-state index in [4.69, 9.17) is 27.9 Å². The summed E-state index contributed by atoms with van der Waals surface area (Å²) in [7, 11) is 0. The van der Waals surface area contributed by atoms with Crippen molar-refractivity contribution in [2.45, 2.75) is 0 Å². The molecule has 0 fully saturated rings. The van der Waals surface area contributed by atoms with Crippen LogP contribution >= 0.6 is 23.2 Å². The lowest BCUT2D eigenvalue weighted by atomic mass is 10.0. The molecule has 0 unspecified atom stereocenters. The van der Waals surface area contributed by atoms with Crippen LogP contribution in [0.15, 0.2) is 103 Å². The van der Waals surface area contributed by atoms with Crippen LogP contribution in [0.4, 0.5) is 0 Å². The van der Waals surface area contributed by atoms with Gasteiger partial charge in [0, 0.05) is 21.2 Å². The molecule has 8 heteroatoms. The molecule has 0 saturated carbocycles. The Bertz CT molecular complexity index is 1560. The van der Waals surface area contributed by atoms with Crippen LogP contribution in [-0.2, 0) is 4.74 Å². The maximum absolute atomic E-state index is 12.8. The van der Waals surface area contributed by atoms with Gasteiger partial charge in [-0.3, -0.25) is 4.79 Å². The van der Waals surface area contributed by atoms with E-state index in [1.807, 2.05) is 42.5 Å². The minimum Gasteiger partial charge on any atom is -0.451 e. The number of esters is 1. The zero-order valence-corrected chi connectivity index (χ0v) is 20.9. The summed E-state index contributed by atoms with van der Waals surface area (Å²) in [4.78, 5) is 29.9. The van der Waals surface area contributed by atoms with Crippen LogP contribution in [0.1, 0.15) is 21.0 Å². The normalized spacial score (nSPS) is 10.8. The SMILES string of the molecule is O=C(COC(=O)c1nc(-c2cccc(Cl)c2)n(-c2ccc(Cl)cc2)n1)c1ccc(-c2ccccc2)cc1. The predicted molar refractivity (Wildman–Crippen MR) is 143 cm³/mol. The van der Waals surface area contributed by atoms with Crippen molar-refractivity contribution in [1.82, 2.24) is 14.8 Å². The molecule has 0 bridgehead atoms. The molecule has 5 aromatic rings. The van der Waals surface area contributed by atoms with Gasteiger partial charge in [0.25, 0.3) is 5.82 Å². The summed E-state index contributed by atoms with van der Waals surface area (Å²) >= 11 is 12.2. The van der Waals surface area contributed by atoms with Crippen molar-refractivity contribution >= 4 is 35.0 Å². The van der Waals surface area contributed by atoms with Crippen molar-refractivity contribution < 1.29 is 14.3 Å². The molecule has 0 spiro atoms. The monoisotopic (exact) mass is 527 g/mol. The van der Waals surface area contributed by atoms with Crippen LogP contribution in [0.5, 0.6) is 0 Å². The van der Waals surface area contributed by atoms with Crippen molar-refractivity contribution in [3.8, 4) is 28.2 Å². The molecule has 182 valence electrons. The largest absolute Gasteiger partial charge is 0.451 e. The third-order valence-electron chi connectivity index (χ3n) is 5.59. The second-order valence-electron chi connectivity index (χ2n) is 8.10. The number of ether oxygens (including phenoxy) is 1. The fourth-order valence-electron chi connectivity index (χ4n) is 3.73. The molecule has 0 N–H and O–H groups in total. The first-order valence-corrected chi connectivity index (χ1v) is 12.1. The molecule has 0 aliphatic heterocycles. The smallest absolute Gasteiger partial charge is 0.378 e. The highest BCUT2D eigenvalue weighted by Crippen LogP contribution is 2.25. The maximum atomic E-state index is 12.8. The van der Waals surface area contributed by atoms with E-state index in [0.29, 0.717) is 32.7 Å². The summed E-state index contributed by atoms with van der Waals surface area (Å²) in [6.45, 7) is -0.439. The molecule has 1 aromatic heterocycles. The number of aromatic nitrogens is 3. The van der Waals surface area contributed by atoms with Crippen molar-refractivity contribution in [1.29, 1.82) is 0 Å². The zero-order chi connectivity index (χ0) is 25.8. The van der Waals surface area contributed by atoms with Crippen LogP contribution in [0.25, 0.3) is 28.2 Å². The Morgan fingerprint density at radius 3 is 2.11 bits per heavy atom. The first-order chi connectivity index (χ1) is 18.0. The highest BCUT2D eigenvalue weighted by Gasteiger charge is 2.21. The minimum atomic E-state index is -0.815. The lowest BCUT2D eigenvalue weighted by molar-refractivity contribution is 0.0462. The topological polar surface area (TPSA) is 74.1 Å². The van der Waals surface area contributed by atoms with E-state index in [0.717, 1.165) is 11.1 Å². The summed E-state index contributed by atoms with van der Waals surface area (Å²) in [5.41, 5.74) is 3.77. The fraction of sp³-hybridized carbons (Fsp3) is 0.0345. The quantitative estimate of drug-likeness (QED) is 0.169. The summed E-state index contributed by atoms with van der Waals surface area (Å²) in [5, 5.41) is 5.41. The zero-order valence-electron chi connectivity index (χ0n) is 19.3. The van der Waals surface area contributed by atoms with Crippen LogP contribution in [0.2, 0.25) is 10.0 Å². The van der Waals surface area contributed by atoms with Gasteiger partial charge in [-0.05, 0) is 47.5 Å². The molecule has 6 nitrogen and oxygen atoms in total. The molecule has 0 radical (unpaired) electrons. The van der Waals surface area contributed by atoms with E-state index in [-0.39, 0.29) is 11.6 Å². The van der Waals surface area contributed by atoms with E-state index in [2.05, 4.69) is 10.1 Å². The molecular formula is C29H19Cl2N3O3.